The van der Waals surface area contributed by atoms with Crippen molar-refractivity contribution in [1.82, 2.24) is 9.88 Å². The lowest BCUT2D eigenvalue weighted by atomic mass is 9.97. The van der Waals surface area contributed by atoms with Gasteiger partial charge in [-0.3, -0.25) is 5.41 Å². The molecule has 0 aliphatic carbocycles. The van der Waals surface area contributed by atoms with Crippen molar-refractivity contribution in [3.05, 3.63) is 71.7 Å². The zero-order chi connectivity index (χ0) is 22.1. The molecular weight excluding hydrogens is 395 g/mol. The molecule has 0 radical (unpaired) electrons. The van der Waals surface area contributed by atoms with Crippen molar-refractivity contribution in [2.24, 2.45) is 12.8 Å². The molecule has 0 saturated carbocycles. The highest BCUT2D eigenvalue weighted by atomic mass is 19.1. The molecule has 0 aliphatic rings. The molecule has 158 valence electrons. The van der Waals surface area contributed by atoms with Crippen molar-refractivity contribution in [3.8, 4) is 11.1 Å². The zero-order valence-electron chi connectivity index (χ0n) is 17.3. The maximum atomic E-state index is 14.3. The second kappa shape index (κ2) is 8.10. The van der Waals surface area contributed by atoms with Crippen LogP contribution in [0.3, 0.4) is 0 Å². The first kappa shape index (κ1) is 20.4. The van der Waals surface area contributed by atoms with Gasteiger partial charge in [-0.1, -0.05) is 42.5 Å². The minimum Gasteiger partial charge on any atom is -0.462 e. The molecule has 6 nitrogen and oxygen atoms in total. The van der Waals surface area contributed by atoms with E-state index >= 15 is 0 Å². The summed E-state index contributed by atoms with van der Waals surface area (Å²) in [5.41, 5.74) is 9.21. The van der Waals surface area contributed by atoms with Crippen LogP contribution in [0.15, 0.2) is 54.6 Å². The van der Waals surface area contributed by atoms with E-state index in [0.29, 0.717) is 16.6 Å². The molecule has 0 bridgehead atoms. The van der Waals surface area contributed by atoms with E-state index in [4.69, 9.17) is 15.9 Å². The molecule has 3 aromatic carbocycles. The molecular formula is C24H23FN4O2. The number of nitrogens with zero attached hydrogens (tertiary/aromatic N) is 1. The van der Waals surface area contributed by atoms with Crippen LogP contribution in [0.1, 0.15) is 23.0 Å². The van der Waals surface area contributed by atoms with Crippen molar-refractivity contribution >= 4 is 33.6 Å². The molecule has 0 atom stereocenters. The van der Waals surface area contributed by atoms with Crippen LogP contribution in [0.4, 0.5) is 4.39 Å². The summed E-state index contributed by atoms with van der Waals surface area (Å²) in [4.78, 5) is 12.7. The Labute approximate surface area is 178 Å². The van der Waals surface area contributed by atoms with E-state index in [9.17, 15) is 9.18 Å². The highest BCUT2D eigenvalue weighted by Crippen LogP contribution is 2.34. The fraction of sp³-hybridized carbons (Fsp3) is 0.167. The number of hydrogen-bond donors (Lipinski definition) is 3. The summed E-state index contributed by atoms with van der Waals surface area (Å²) in [6, 6.07) is 16.4. The molecule has 0 fully saturated rings. The molecule has 4 rings (SSSR count). The topological polar surface area (TPSA) is 93.1 Å². The van der Waals surface area contributed by atoms with Gasteiger partial charge in [0.2, 0.25) is 0 Å². The van der Waals surface area contributed by atoms with E-state index in [1.807, 2.05) is 48.0 Å². The Morgan fingerprint density at radius 1 is 1.13 bits per heavy atom. The monoisotopic (exact) mass is 418 g/mol. The maximum absolute atomic E-state index is 14.3. The number of benzene rings is 3. The van der Waals surface area contributed by atoms with Crippen LogP contribution in [-0.2, 0) is 18.3 Å². The molecule has 0 amide bonds. The SMILES string of the molecule is CCOC(=O)c1c(CNC(=N)N)n(C)c2cc(-c3ccc(F)c4ccccc34)ccc12. The largest absolute Gasteiger partial charge is 0.462 e. The first-order valence-corrected chi connectivity index (χ1v) is 9.96. The normalized spacial score (nSPS) is 11.1. The minimum absolute atomic E-state index is 0.182. The molecule has 4 N–H and O–H groups in total. The van der Waals surface area contributed by atoms with Gasteiger partial charge in [0.15, 0.2) is 5.96 Å². The lowest BCUT2D eigenvalue weighted by Crippen LogP contribution is -2.31. The van der Waals surface area contributed by atoms with Gasteiger partial charge >= 0.3 is 5.97 Å². The molecule has 4 aromatic rings. The number of rotatable bonds is 5. The van der Waals surface area contributed by atoms with Crippen LogP contribution in [0.5, 0.6) is 0 Å². The van der Waals surface area contributed by atoms with E-state index in [1.54, 1.807) is 19.1 Å². The number of ether oxygens (including phenoxy) is 1. The predicted molar refractivity (Wildman–Crippen MR) is 121 cm³/mol. The summed E-state index contributed by atoms with van der Waals surface area (Å²) in [5.74, 6) is -0.867. The second-order valence-corrected chi connectivity index (χ2v) is 7.24. The smallest absolute Gasteiger partial charge is 0.340 e. The summed E-state index contributed by atoms with van der Waals surface area (Å²) >= 11 is 0. The lowest BCUT2D eigenvalue weighted by Gasteiger charge is -2.09. The minimum atomic E-state index is -0.423. The van der Waals surface area contributed by atoms with Crippen molar-refractivity contribution in [2.45, 2.75) is 13.5 Å². The summed E-state index contributed by atoms with van der Waals surface area (Å²) in [6.07, 6.45) is 0. The van der Waals surface area contributed by atoms with Crippen LogP contribution >= 0.6 is 0 Å². The number of aryl methyl sites for hydroxylation is 1. The number of aromatic nitrogens is 1. The number of fused-ring (bicyclic) bond motifs is 2. The average Bonchev–Trinajstić information content (AvgIpc) is 3.04. The number of nitrogens with two attached hydrogens (primary N) is 1. The van der Waals surface area contributed by atoms with Crippen LogP contribution < -0.4 is 11.1 Å². The Kier molecular flexibility index (Phi) is 5.33. The standard InChI is InChI=1S/C24H23FN4O2/c1-3-31-23(30)22-18-9-8-14(12-20(18)29(2)21(22)13-28-24(26)27)15-10-11-19(25)17-7-5-4-6-16(15)17/h4-12H,3,13H2,1-2H3,(H4,26,27,28). The van der Waals surface area contributed by atoms with Gasteiger partial charge in [0.1, 0.15) is 5.82 Å². The zero-order valence-corrected chi connectivity index (χ0v) is 17.3. The number of carbonyl (C=O) groups excluding carboxylic acids is 1. The first-order valence-electron chi connectivity index (χ1n) is 9.96. The summed E-state index contributed by atoms with van der Waals surface area (Å²) in [7, 11) is 1.86. The summed E-state index contributed by atoms with van der Waals surface area (Å²) in [5, 5.41) is 12.4. The number of nitrogens with one attached hydrogen (secondary N) is 2. The Morgan fingerprint density at radius 3 is 2.58 bits per heavy atom. The molecule has 0 spiro atoms. The van der Waals surface area contributed by atoms with E-state index in [2.05, 4.69) is 5.32 Å². The van der Waals surface area contributed by atoms with Crippen LogP contribution in [0, 0.1) is 11.2 Å². The molecule has 7 heteroatoms. The fourth-order valence-electron chi connectivity index (χ4n) is 3.99. The quantitative estimate of drug-likeness (QED) is 0.256. The van der Waals surface area contributed by atoms with E-state index < -0.39 is 5.97 Å². The van der Waals surface area contributed by atoms with Gasteiger partial charge in [-0.05, 0) is 35.6 Å². The van der Waals surface area contributed by atoms with Gasteiger partial charge < -0.3 is 20.4 Å². The van der Waals surface area contributed by atoms with Gasteiger partial charge in [-0.15, -0.1) is 0 Å². The Bertz CT molecular complexity index is 1330. The number of carbonyl (C=O) groups is 1. The molecule has 31 heavy (non-hydrogen) atoms. The van der Waals surface area contributed by atoms with Crippen LogP contribution in [-0.4, -0.2) is 23.1 Å². The molecule has 1 heterocycles. The number of esters is 1. The van der Waals surface area contributed by atoms with Crippen LogP contribution in [0.2, 0.25) is 0 Å². The third-order valence-corrected chi connectivity index (χ3v) is 5.43. The average molecular weight is 418 g/mol. The van der Waals surface area contributed by atoms with Crippen molar-refractivity contribution < 1.29 is 13.9 Å². The van der Waals surface area contributed by atoms with Gasteiger partial charge in [0, 0.05) is 23.3 Å². The Morgan fingerprint density at radius 2 is 1.87 bits per heavy atom. The Balaban J connectivity index is 1.92. The fourth-order valence-corrected chi connectivity index (χ4v) is 3.99. The number of guanidine groups is 1. The van der Waals surface area contributed by atoms with Crippen molar-refractivity contribution in [2.75, 3.05) is 6.61 Å². The van der Waals surface area contributed by atoms with Crippen molar-refractivity contribution in [1.29, 1.82) is 5.41 Å². The first-order chi connectivity index (χ1) is 14.9. The highest BCUT2D eigenvalue weighted by Gasteiger charge is 2.23. The Hall–Kier alpha value is -3.87. The molecule has 0 unspecified atom stereocenters. The van der Waals surface area contributed by atoms with Gasteiger partial charge in [-0.25, -0.2) is 9.18 Å². The van der Waals surface area contributed by atoms with E-state index in [-0.39, 0.29) is 24.9 Å². The maximum Gasteiger partial charge on any atom is 0.340 e. The predicted octanol–water partition coefficient (Wildman–Crippen LogP) is 4.30. The third-order valence-electron chi connectivity index (χ3n) is 5.43. The second-order valence-electron chi connectivity index (χ2n) is 7.24. The van der Waals surface area contributed by atoms with E-state index in [0.717, 1.165) is 27.4 Å². The van der Waals surface area contributed by atoms with Gasteiger partial charge in [-0.2, -0.15) is 0 Å². The number of halogens is 1. The highest BCUT2D eigenvalue weighted by molar-refractivity contribution is 6.08. The van der Waals surface area contributed by atoms with Gasteiger partial charge in [0.25, 0.3) is 0 Å². The summed E-state index contributed by atoms with van der Waals surface area (Å²) < 4.78 is 21.4. The van der Waals surface area contributed by atoms with Crippen molar-refractivity contribution in [3.63, 3.8) is 0 Å². The summed E-state index contributed by atoms with van der Waals surface area (Å²) in [6.45, 7) is 2.23. The molecule has 0 aliphatic heterocycles. The molecule has 1 aromatic heterocycles. The third kappa shape index (κ3) is 3.59. The number of hydrogen-bond acceptors (Lipinski definition) is 3. The van der Waals surface area contributed by atoms with Gasteiger partial charge in [0.05, 0.1) is 24.4 Å². The van der Waals surface area contributed by atoms with Crippen LogP contribution in [0.25, 0.3) is 32.8 Å². The lowest BCUT2D eigenvalue weighted by molar-refractivity contribution is 0.0527. The molecule has 0 saturated heterocycles. The van der Waals surface area contributed by atoms with E-state index in [1.165, 1.54) is 6.07 Å².